The lowest BCUT2D eigenvalue weighted by molar-refractivity contribution is -0.116. The van der Waals surface area contributed by atoms with E-state index in [4.69, 9.17) is 5.11 Å². The van der Waals surface area contributed by atoms with Gasteiger partial charge in [0.2, 0.25) is 5.91 Å². The van der Waals surface area contributed by atoms with Gasteiger partial charge in [-0.05, 0) is 12.5 Å². The third-order valence-electron chi connectivity index (χ3n) is 2.58. The molecule has 1 heterocycles. The minimum Gasteiger partial charge on any atom is -0.478 e. The van der Waals surface area contributed by atoms with E-state index < -0.39 is 5.97 Å². The van der Waals surface area contributed by atoms with Crippen LogP contribution >= 0.6 is 0 Å². The summed E-state index contributed by atoms with van der Waals surface area (Å²) in [6, 6.07) is 1.37. The number of aromatic carboxylic acids is 1. The molecule has 18 heavy (non-hydrogen) atoms. The van der Waals surface area contributed by atoms with E-state index in [0.717, 1.165) is 25.7 Å². The first-order valence-corrected chi connectivity index (χ1v) is 6.12. The number of pyridine rings is 1. The quantitative estimate of drug-likeness (QED) is 0.729. The molecule has 1 aromatic rings. The van der Waals surface area contributed by atoms with Crippen LogP contribution in [0.25, 0.3) is 0 Å². The number of carboxylic acids is 1. The SMILES string of the molecule is CCCCCCC(=O)Nc1cnccc1C(=O)O. The molecule has 1 rings (SSSR count). The van der Waals surface area contributed by atoms with Gasteiger partial charge in [-0.25, -0.2) is 4.79 Å². The molecular formula is C13H18N2O3. The zero-order valence-corrected chi connectivity index (χ0v) is 10.5. The number of anilines is 1. The van der Waals surface area contributed by atoms with Gasteiger partial charge < -0.3 is 10.4 Å². The predicted molar refractivity (Wildman–Crippen MR) is 68.6 cm³/mol. The highest BCUT2D eigenvalue weighted by Gasteiger charge is 2.11. The summed E-state index contributed by atoms with van der Waals surface area (Å²) in [5, 5.41) is 11.5. The van der Waals surface area contributed by atoms with Crippen LogP contribution in [0.1, 0.15) is 49.4 Å². The third-order valence-corrected chi connectivity index (χ3v) is 2.58. The summed E-state index contributed by atoms with van der Waals surface area (Å²) in [4.78, 5) is 26.4. The fraction of sp³-hybridized carbons (Fsp3) is 0.462. The Morgan fingerprint density at radius 3 is 2.78 bits per heavy atom. The number of amides is 1. The zero-order valence-electron chi connectivity index (χ0n) is 10.5. The first-order chi connectivity index (χ1) is 8.65. The maximum atomic E-state index is 11.6. The molecule has 0 radical (unpaired) electrons. The van der Waals surface area contributed by atoms with Gasteiger partial charge in [0.25, 0.3) is 0 Å². The Bertz CT molecular complexity index is 418. The summed E-state index contributed by atoms with van der Waals surface area (Å²) in [5.41, 5.74) is 0.317. The first kappa shape index (κ1) is 14.2. The summed E-state index contributed by atoms with van der Waals surface area (Å²) in [6.45, 7) is 2.11. The predicted octanol–water partition coefficient (Wildman–Crippen LogP) is 2.69. The summed E-state index contributed by atoms with van der Waals surface area (Å²) in [7, 11) is 0. The number of rotatable bonds is 7. The van der Waals surface area contributed by atoms with E-state index >= 15 is 0 Å². The summed E-state index contributed by atoms with van der Waals surface area (Å²) < 4.78 is 0. The average molecular weight is 250 g/mol. The van der Waals surface area contributed by atoms with Crippen LogP contribution in [0.5, 0.6) is 0 Å². The van der Waals surface area contributed by atoms with Gasteiger partial charge in [0.15, 0.2) is 0 Å². The number of aromatic nitrogens is 1. The van der Waals surface area contributed by atoms with Crippen molar-refractivity contribution in [3.8, 4) is 0 Å². The molecule has 98 valence electrons. The maximum Gasteiger partial charge on any atom is 0.337 e. The van der Waals surface area contributed by atoms with Gasteiger partial charge in [-0.1, -0.05) is 26.2 Å². The molecule has 0 atom stereocenters. The summed E-state index contributed by atoms with van der Waals surface area (Å²) in [6.07, 6.45) is 7.22. The van der Waals surface area contributed by atoms with Crippen molar-refractivity contribution in [3.63, 3.8) is 0 Å². The normalized spacial score (nSPS) is 10.1. The molecule has 0 saturated heterocycles. The van der Waals surface area contributed by atoms with Gasteiger partial charge in [0, 0.05) is 12.6 Å². The van der Waals surface area contributed by atoms with Crippen molar-refractivity contribution in [3.05, 3.63) is 24.0 Å². The fourth-order valence-electron chi connectivity index (χ4n) is 1.61. The molecule has 0 aliphatic carbocycles. The lowest BCUT2D eigenvalue weighted by Crippen LogP contribution is -2.14. The maximum absolute atomic E-state index is 11.6. The van der Waals surface area contributed by atoms with E-state index in [0.29, 0.717) is 6.42 Å². The molecule has 5 heteroatoms. The lowest BCUT2D eigenvalue weighted by atomic mass is 10.1. The minimum absolute atomic E-state index is 0.0620. The number of carbonyl (C=O) groups excluding carboxylic acids is 1. The van der Waals surface area contributed by atoms with Crippen molar-refractivity contribution in [1.29, 1.82) is 0 Å². The van der Waals surface area contributed by atoms with E-state index in [1.807, 2.05) is 0 Å². The van der Waals surface area contributed by atoms with Crippen LogP contribution in [0.3, 0.4) is 0 Å². The van der Waals surface area contributed by atoms with Crippen molar-refractivity contribution >= 4 is 17.6 Å². The number of nitrogens with zero attached hydrogens (tertiary/aromatic N) is 1. The molecule has 0 aliphatic heterocycles. The molecule has 0 saturated carbocycles. The highest BCUT2D eigenvalue weighted by atomic mass is 16.4. The van der Waals surface area contributed by atoms with Crippen molar-refractivity contribution in [2.45, 2.75) is 39.0 Å². The number of hydrogen-bond acceptors (Lipinski definition) is 3. The Kier molecular flexibility index (Phi) is 5.84. The number of hydrogen-bond donors (Lipinski definition) is 2. The Morgan fingerprint density at radius 2 is 2.11 bits per heavy atom. The molecular weight excluding hydrogens is 232 g/mol. The molecule has 0 unspecified atom stereocenters. The summed E-state index contributed by atoms with van der Waals surface area (Å²) >= 11 is 0. The number of nitrogens with one attached hydrogen (secondary N) is 1. The Balaban J connectivity index is 2.51. The van der Waals surface area contributed by atoms with Crippen LogP contribution < -0.4 is 5.32 Å². The standard InChI is InChI=1S/C13H18N2O3/c1-2-3-4-5-6-12(16)15-11-9-14-8-7-10(11)13(17)18/h7-9H,2-6H2,1H3,(H,15,16)(H,17,18). The molecule has 0 fully saturated rings. The molecule has 0 spiro atoms. The van der Waals surface area contributed by atoms with Crippen molar-refractivity contribution in [2.24, 2.45) is 0 Å². The molecule has 1 amide bonds. The number of carboxylic acid groups (broad SMARTS) is 1. The van der Waals surface area contributed by atoms with E-state index in [1.165, 1.54) is 18.5 Å². The molecule has 1 aromatic heterocycles. The first-order valence-electron chi connectivity index (χ1n) is 6.12. The second-order valence-corrected chi connectivity index (χ2v) is 4.09. The van der Waals surface area contributed by atoms with Crippen molar-refractivity contribution < 1.29 is 14.7 Å². The molecule has 0 bridgehead atoms. The smallest absolute Gasteiger partial charge is 0.337 e. The van der Waals surface area contributed by atoms with Crippen LogP contribution in [-0.2, 0) is 4.79 Å². The van der Waals surface area contributed by atoms with Gasteiger partial charge >= 0.3 is 5.97 Å². The monoisotopic (exact) mass is 250 g/mol. The molecule has 0 aliphatic rings. The van der Waals surface area contributed by atoms with E-state index in [9.17, 15) is 9.59 Å². The zero-order chi connectivity index (χ0) is 13.4. The largest absolute Gasteiger partial charge is 0.478 e. The average Bonchev–Trinajstić information content (AvgIpc) is 2.35. The minimum atomic E-state index is -1.07. The molecule has 0 aromatic carbocycles. The highest BCUT2D eigenvalue weighted by molar-refractivity contribution is 6.00. The number of carbonyl (C=O) groups is 2. The lowest BCUT2D eigenvalue weighted by Gasteiger charge is -2.07. The second kappa shape index (κ2) is 7.42. The van der Waals surface area contributed by atoms with Gasteiger partial charge in [-0.15, -0.1) is 0 Å². The van der Waals surface area contributed by atoms with Crippen LogP contribution in [-0.4, -0.2) is 22.0 Å². The highest BCUT2D eigenvalue weighted by Crippen LogP contribution is 2.14. The molecule has 5 nitrogen and oxygen atoms in total. The second-order valence-electron chi connectivity index (χ2n) is 4.09. The van der Waals surface area contributed by atoms with E-state index in [1.54, 1.807) is 0 Å². The number of unbranched alkanes of at least 4 members (excludes halogenated alkanes) is 3. The van der Waals surface area contributed by atoms with Crippen LogP contribution in [0.2, 0.25) is 0 Å². The molecule has 2 N–H and O–H groups in total. The van der Waals surface area contributed by atoms with E-state index in [-0.39, 0.29) is 17.2 Å². The third kappa shape index (κ3) is 4.53. The Morgan fingerprint density at radius 1 is 1.33 bits per heavy atom. The Hall–Kier alpha value is -1.91. The van der Waals surface area contributed by atoms with Gasteiger partial charge in [0.05, 0.1) is 17.4 Å². The Labute approximate surface area is 106 Å². The summed E-state index contributed by atoms with van der Waals surface area (Å²) in [5.74, 6) is -1.24. The van der Waals surface area contributed by atoms with Crippen LogP contribution in [0.4, 0.5) is 5.69 Å². The van der Waals surface area contributed by atoms with Crippen molar-refractivity contribution in [2.75, 3.05) is 5.32 Å². The van der Waals surface area contributed by atoms with Crippen molar-refractivity contribution in [1.82, 2.24) is 4.98 Å². The van der Waals surface area contributed by atoms with Crippen LogP contribution in [0, 0.1) is 0 Å². The van der Waals surface area contributed by atoms with Crippen LogP contribution in [0.15, 0.2) is 18.5 Å². The van der Waals surface area contributed by atoms with E-state index in [2.05, 4.69) is 17.2 Å². The fourth-order valence-corrected chi connectivity index (χ4v) is 1.61. The topological polar surface area (TPSA) is 79.3 Å². The van der Waals surface area contributed by atoms with Gasteiger partial charge in [0.1, 0.15) is 0 Å². The van der Waals surface area contributed by atoms with Gasteiger partial charge in [-0.2, -0.15) is 0 Å². The van der Waals surface area contributed by atoms with Gasteiger partial charge in [-0.3, -0.25) is 9.78 Å².